The van der Waals surface area contributed by atoms with Crippen molar-refractivity contribution in [3.05, 3.63) is 44.2 Å². The van der Waals surface area contributed by atoms with Crippen LogP contribution in [0.1, 0.15) is 11.3 Å². The Hall–Kier alpha value is -1.30. The first-order valence-electron chi connectivity index (χ1n) is 4.70. The van der Waals surface area contributed by atoms with Crippen LogP contribution in [0, 0.1) is 6.92 Å². The van der Waals surface area contributed by atoms with Crippen molar-refractivity contribution in [3.63, 3.8) is 0 Å². The molecule has 2 aromatic rings. The Morgan fingerprint density at radius 2 is 1.94 bits per heavy atom. The van der Waals surface area contributed by atoms with E-state index in [4.69, 9.17) is 0 Å². The van der Waals surface area contributed by atoms with Crippen molar-refractivity contribution >= 4 is 26.8 Å². The van der Waals surface area contributed by atoms with Crippen LogP contribution in [0.5, 0.6) is 0 Å². The van der Waals surface area contributed by atoms with Crippen molar-refractivity contribution in [1.82, 2.24) is 4.98 Å². The molecule has 0 aliphatic rings. The van der Waals surface area contributed by atoms with Gasteiger partial charge in [-0.25, -0.2) is 0 Å². The molecule has 0 amide bonds. The van der Waals surface area contributed by atoms with Gasteiger partial charge in [-0.3, -0.25) is 4.79 Å². The molecule has 1 aromatic heterocycles. The monoisotopic (exact) mass is 305 g/mol. The lowest BCUT2D eigenvalue weighted by Crippen LogP contribution is -2.17. The highest BCUT2D eigenvalue weighted by molar-refractivity contribution is 9.10. The lowest BCUT2D eigenvalue weighted by Gasteiger charge is -2.11. The van der Waals surface area contributed by atoms with E-state index < -0.39 is 21.8 Å². The first-order chi connectivity index (χ1) is 7.82. The molecule has 0 spiro atoms. The maximum atomic E-state index is 12.7. The standard InChI is InChI=1S/C11H7BrF3NO/c1-5-3-2-4-6-8(5)16-10(11(13,14)15)7(12)9(6)17/h2-4H,1H3,(H,16,17). The van der Waals surface area contributed by atoms with E-state index in [9.17, 15) is 18.0 Å². The van der Waals surface area contributed by atoms with Crippen molar-refractivity contribution in [2.24, 2.45) is 0 Å². The predicted molar refractivity (Wildman–Crippen MR) is 62.0 cm³/mol. The van der Waals surface area contributed by atoms with Gasteiger partial charge >= 0.3 is 6.18 Å². The molecule has 0 radical (unpaired) electrons. The molecular weight excluding hydrogens is 299 g/mol. The molecule has 1 aromatic carbocycles. The Morgan fingerprint density at radius 3 is 2.53 bits per heavy atom. The van der Waals surface area contributed by atoms with E-state index in [1.165, 1.54) is 6.07 Å². The van der Waals surface area contributed by atoms with Crippen LogP contribution in [0.15, 0.2) is 27.5 Å². The Kier molecular flexibility index (Phi) is 2.77. The normalized spacial score (nSPS) is 12.1. The molecule has 2 nitrogen and oxygen atoms in total. The highest BCUT2D eigenvalue weighted by atomic mass is 79.9. The summed E-state index contributed by atoms with van der Waals surface area (Å²) in [6, 6.07) is 4.77. The summed E-state index contributed by atoms with van der Waals surface area (Å²) in [4.78, 5) is 14.1. The number of fused-ring (bicyclic) bond motifs is 1. The molecule has 90 valence electrons. The summed E-state index contributed by atoms with van der Waals surface area (Å²) in [7, 11) is 0. The van der Waals surface area contributed by atoms with Gasteiger partial charge < -0.3 is 4.98 Å². The summed E-state index contributed by atoms with van der Waals surface area (Å²) < 4.78 is 37.6. The quantitative estimate of drug-likeness (QED) is 0.792. The minimum atomic E-state index is -4.59. The number of alkyl halides is 3. The summed E-state index contributed by atoms with van der Waals surface area (Å²) in [6.07, 6.45) is -4.59. The van der Waals surface area contributed by atoms with Crippen LogP contribution in [0.4, 0.5) is 13.2 Å². The average Bonchev–Trinajstić information content (AvgIpc) is 2.22. The van der Waals surface area contributed by atoms with E-state index in [0.717, 1.165) is 0 Å². The van der Waals surface area contributed by atoms with Crippen LogP contribution in [0.2, 0.25) is 0 Å². The molecule has 1 N–H and O–H groups in total. The summed E-state index contributed by atoms with van der Waals surface area (Å²) in [6.45, 7) is 1.65. The van der Waals surface area contributed by atoms with Gasteiger partial charge in [-0.15, -0.1) is 0 Å². The topological polar surface area (TPSA) is 32.9 Å². The smallest absolute Gasteiger partial charge is 0.350 e. The molecule has 0 atom stereocenters. The number of aromatic amines is 1. The number of aryl methyl sites for hydroxylation is 1. The number of H-pyrrole nitrogens is 1. The Balaban J connectivity index is 2.96. The van der Waals surface area contributed by atoms with Gasteiger partial charge in [0.25, 0.3) is 0 Å². The van der Waals surface area contributed by atoms with Gasteiger partial charge in [-0.2, -0.15) is 13.2 Å². The van der Waals surface area contributed by atoms with Crippen LogP contribution in [0.25, 0.3) is 10.9 Å². The third-order valence-electron chi connectivity index (χ3n) is 2.47. The molecule has 2 rings (SSSR count). The molecule has 0 unspecified atom stereocenters. The molecular formula is C11H7BrF3NO. The average molecular weight is 306 g/mol. The molecule has 0 aliphatic carbocycles. The van der Waals surface area contributed by atoms with E-state index >= 15 is 0 Å². The van der Waals surface area contributed by atoms with Crippen LogP contribution in [-0.2, 0) is 6.18 Å². The number of rotatable bonds is 0. The molecule has 0 saturated carbocycles. The summed E-state index contributed by atoms with van der Waals surface area (Å²) in [5.41, 5.74) is -0.898. The second-order valence-corrected chi connectivity index (χ2v) is 4.43. The van der Waals surface area contributed by atoms with E-state index in [2.05, 4.69) is 20.9 Å². The summed E-state index contributed by atoms with van der Waals surface area (Å²) >= 11 is 2.70. The largest absolute Gasteiger partial charge is 0.432 e. The maximum absolute atomic E-state index is 12.7. The number of hydrogen-bond donors (Lipinski definition) is 1. The maximum Gasteiger partial charge on any atom is 0.432 e. The van der Waals surface area contributed by atoms with Gasteiger partial charge in [0, 0.05) is 5.39 Å². The van der Waals surface area contributed by atoms with E-state index in [-0.39, 0.29) is 10.9 Å². The molecule has 1 heterocycles. The molecule has 0 aliphatic heterocycles. The van der Waals surface area contributed by atoms with Gasteiger partial charge in [0.1, 0.15) is 5.69 Å². The predicted octanol–water partition coefficient (Wildman–Crippen LogP) is 3.62. The highest BCUT2D eigenvalue weighted by Crippen LogP contribution is 2.33. The second-order valence-electron chi connectivity index (χ2n) is 3.64. The first kappa shape index (κ1) is 12.2. The Labute approximate surface area is 103 Å². The van der Waals surface area contributed by atoms with Gasteiger partial charge in [0.2, 0.25) is 5.43 Å². The number of pyridine rings is 1. The minimum absolute atomic E-state index is 0.216. The van der Waals surface area contributed by atoms with Crippen LogP contribution < -0.4 is 5.43 Å². The Morgan fingerprint density at radius 1 is 1.29 bits per heavy atom. The van der Waals surface area contributed by atoms with Gasteiger partial charge in [-0.05, 0) is 34.5 Å². The van der Waals surface area contributed by atoms with Crippen molar-refractivity contribution in [2.45, 2.75) is 13.1 Å². The van der Waals surface area contributed by atoms with Crippen molar-refractivity contribution in [2.75, 3.05) is 0 Å². The zero-order valence-electron chi connectivity index (χ0n) is 8.65. The lowest BCUT2D eigenvalue weighted by molar-refractivity contribution is -0.141. The van der Waals surface area contributed by atoms with Crippen molar-refractivity contribution in [1.29, 1.82) is 0 Å². The number of nitrogens with one attached hydrogen (secondary N) is 1. The molecule has 17 heavy (non-hydrogen) atoms. The van der Waals surface area contributed by atoms with Crippen LogP contribution in [0.3, 0.4) is 0 Å². The number of para-hydroxylation sites is 1. The van der Waals surface area contributed by atoms with Gasteiger partial charge in [-0.1, -0.05) is 12.1 Å². The number of hydrogen-bond acceptors (Lipinski definition) is 1. The molecule has 0 fully saturated rings. The van der Waals surface area contributed by atoms with E-state index in [0.29, 0.717) is 5.56 Å². The lowest BCUT2D eigenvalue weighted by atomic mass is 10.1. The third kappa shape index (κ3) is 1.97. The zero-order chi connectivity index (χ0) is 12.8. The van der Waals surface area contributed by atoms with E-state index in [1.54, 1.807) is 19.1 Å². The SMILES string of the molecule is Cc1cccc2c(=O)c(Br)c(C(F)(F)F)[nH]c12. The van der Waals surface area contributed by atoms with Crippen LogP contribution >= 0.6 is 15.9 Å². The second kappa shape index (κ2) is 3.87. The fourth-order valence-corrected chi connectivity index (χ4v) is 2.17. The number of benzene rings is 1. The van der Waals surface area contributed by atoms with Gasteiger partial charge in [0.05, 0.1) is 9.99 Å². The van der Waals surface area contributed by atoms with Crippen molar-refractivity contribution in [3.8, 4) is 0 Å². The third-order valence-corrected chi connectivity index (χ3v) is 3.23. The molecule has 0 bridgehead atoms. The van der Waals surface area contributed by atoms with Gasteiger partial charge in [0.15, 0.2) is 0 Å². The van der Waals surface area contributed by atoms with Crippen LogP contribution in [-0.4, -0.2) is 4.98 Å². The first-order valence-corrected chi connectivity index (χ1v) is 5.50. The summed E-state index contributed by atoms with van der Waals surface area (Å²) in [5, 5.41) is 0.241. The fraction of sp³-hybridized carbons (Fsp3) is 0.182. The zero-order valence-corrected chi connectivity index (χ0v) is 10.2. The summed E-state index contributed by atoms with van der Waals surface area (Å²) in [5.74, 6) is 0. The van der Waals surface area contributed by atoms with Crippen molar-refractivity contribution < 1.29 is 13.2 Å². The number of aromatic nitrogens is 1. The minimum Gasteiger partial charge on any atom is -0.350 e. The molecule has 0 saturated heterocycles. The highest BCUT2D eigenvalue weighted by Gasteiger charge is 2.35. The number of halogens is 4. The fourth-order valence-electron chi connectivity index (χ4n) is 1.63. The van der Waals surface area contributed by atoms with E-state index in [1.807, 2.05) is 0 Å². The Bertz CT molecular complexity index is 645. The molecule has 6 heteroatoms.